The number of pyridine rings is 1. The lowest BCUT2D eigenvalue weighted by atomic mass is 10.0. The fourth-order valence-corrected chi connectivity index (χ4v) is 3.64. The van der Waals surface area contributed by atoms with Crippen molar-refractivity contribution in [3.63, 3.8) is 0 Å². The van der Waals surface area contributed by atoms with E-state index in [1.165, 1.54) is 0 Å². The molecule has 6 heteroatoms. The maximum Gasteiger partial charge on any atom is 0.243 e. The highest BCUT2D eigenvalue weighted by Crippen LogP contribution is 2.18. The molecule has 1 N–H and O–H groups in total. The van der Waals surface area contributed by atoms with Crippen LogP contribution in [0.3, 0.4) is 0 Å². The fraction of sp³-hybridized carbons (Fsp3) is 0.296. The molecule has 6 nitrogen and oxygen atoms in total. The lowest BCUT2D eigenvalue weighted by Gasteiger charge is -2.31. The van der Waals surface area contributed by atoms with Crippen LogP contribution in [0.1, 0.15) is 36.6 Å². The van der Waals surface area contributed by atoms with Crippen LogP contribution in [0.2, 0.25) is 0 Å². The summed E-state index contributed by atoms with van der Waals surface area (Å²) in [5, 5.41) is 2.99. The van der Waals surface area contributed by atoms with Gasteiger partial charge in [-0.25, -0.2) is 0 Å². The van der Waals surface area contributed by atoms with Gasteiger partial charge >= 0.3 is 0 Å². The summed E-state index contributed by atoms with van der Waals surface area (Å²) in [6.45, 7) is 2.62. The van der Waals surface area contributed by atoms with Crippen LogP contribution in [-0.2, 0) is 29.1 Å². The van der Waals surface area contributed by atoms with E-state index < -0.39 is 6.04 Å². The largest absolute Gasteiger partial charge is 0.497 e. The number of benzene rings is 2. The molecule has 0 unspecified atom stereocenters. The van der Waals surface area contributed by atoms with Crippen LogP contribution >= 0.6 is 0 Å². The zero-order valence-corrected chi connectivity index (χ0v) is 19.2. The number of ether oxygens (including phenoxy) is 1. The topological polar surface area (TPSA) is 71.5 Å². The first-order valence-electron chi connectivity index (χ1n) is 11.2. The molecule has 1 aromatic heterocycles. The summed E-state index contributed by atoms with van der Waals surface area (Å²) >= 11 is 0. The van der Waals surface area contributed by atoms with Crippen molar-refractivity contribution in [1.82, 2.24) is 15.2 Å². The van der Waals surface area contributed by atoms with Crippen molar-refractivity contribution in [2.24, 2.45) is 0 Å². The highest BCUT2D eigenvalue weighted by atomic mass is 16.5. The molecule has 1 atom stereocenters. The molecule has 3 rings (SSSR count). The lowest BCUT2D eigenvalue weighted by Crippen LogP contribution is -2.50. The van der Waals surface area contributed by atoms with Crippen molar-refractivity contribution in [3.05, 3.63) is 95.8 Å². The van der Waals surface area contributed by atoms with Gasteiger partial charge in [0, 0.05) is 25.6 Å². The number of amides is 2. The monoisotopic (exact) mass is 445 g/mol. The summed E-state index contributed by atoms with van der Waals surface area (Å²) in [5.41, 5.74) is 2.71. The van der Waals surface area contributed by atoms with Crippen molar-refractivity contribution in [2.45, 2.75) is 45.3 Å². The van der Waals surface area contributed by atoms with E-state index in [0.29, 0.717) is 32.4 Å². The van der Waals surface area contributed by atoms with Crippen LogP contribution in [0, 0.1) is 0 Å². The third-order valence-corrected chi connectivity index (χ3v) is 5.42. The molecule has 0 saturated carbocycles. The molecule has 2 aromatic carbocycles. The molecule has 0 spiro atoms. The molecular formula is C27H31N3O3. The Balaban J connectivity index is 1.87. The van der Waals surface area contributed by atoms with Gasteiger partial charge < -0.3 is 15.0 Å². The van der Waals surface area contributed by atoms with E-state index in [0.717, 1.165) is 22.6 Å². The van der Waals surface area contributed by atoms with Gasteiger partial charge in [0.2, 0.25) is 11.8 Å². The minimum atomic E-state index is -0.641. The smallest absolute Gasteiger partial charge is 0.243 e. The van der Waals surface area contributed by atoms with E-state index in [-0.39, 0.29) is 11.8 Å². The number of methoxy groups -OCH3 is 1. The summed E-state index contributed by atoms with van der Waals surface area (Å²) in [6, 6.07) is 22.3. The van der Waals surface area contributed by atoms with Gasteiger partial charge in [-0.2, -0.15) is 0 Å². The van der Waals surface area contributed by atoms with Gasteiger partial charge in [-0.15, -0.1) is 0 Å². The Morgan fingerprint density at radius 2 is 1.70 bits per heavy atom. The van der Waals surface area contributed by atoms with Crippen molar-refractivity contribution < 1.29 is 14.3 Å². The van der Waals surface area contributed by atoms with Gasteiger partial charge in [0.15, 0.2) is 0 Å². The third kappa shape index (κ3) is 7.17. The van der Waals surface area contributed by atoms with Gasteiger partial charge in [-0.1, -0.05) is 55.5 Å². The van der Waals surface area contributed by atoms with E-state index in [2.05, 4.69) is 10.3 Å². The second-order valence-corrected chi connectivity index (χ2v) is 7.86. The molecule has 33 heavy (non-hydrogen) atoms. The third-order valence-electron chi connectivity index (χ3n) is 5.42. The Bertz CT molecular complexity index is 1010. The molecule has 0 aliphatic carbocycles. The molecule has 0 radical (unpaired) electrons. The van der Waals surface area contributed by atoms with Gasteiger partial charge in [0.25, 0.3) is 0 Å². The number of hydrogen-bond acceptors (Lipinski definition) is 4. The Morgan fingerprint density at radius 1 is 0.970 bits per heavy atom. The van der Waals surface area contributed by atoms with E-state index in [4.69, 9.17) is 4.74 Å². The fourth-order valence-electron chi connectivity index (χ4n) is 3.64. The average Bonchev–Trinajstić information content (AvgIpc) is 2.86. The summed E-state index contributed by atoms with van der Waals surface area (Å²) in [4.78, 5) is 32.6. The van der Waals surface area contributed by atoms with Gasteiger partial charge in [-0.3, -0.25) is 14.6 Å². The second kappa shape index (κ2) is 12.4. The molecule has 0 aliphatic rings. The maximum absolute atomic E-state index is 13.4. The Kier molecular flexibility index (Phi) is 9.00. The number of nitrogens with one attached hydrogen (secondary N) is 1. The summed E-state index contributed by atoms with van der Waals surface area (Å²) in [5.74, 6) is 0.517. The summed E-state index contributed by atoms with van der Waals surface area (Å²) in [7, 11) is 1.62. The Morgan fingerprint density at radius 3 is 2.33 bits per heavy atom. The van der Waals surface area contributed by atoms with Crippen LogP contribution in [-0.4, -0.2) is 34.8 Å². The summed E-state index contributed by atoms with van der Waals surface area (Å²) in [6.07, 6.45) is 3.23. The quantitative estimate of drug-likeness (QED) is 0.481. The van der Waals surface area contributed by atoms with Gasteiger partial charge in [-0.05, 0) is 41.8 Å². The van der Waals surface area contributed by atoms with Gasteiger partial charge in [0.05, 0.1) is 19.3 Å². The van der Waals surface area contributed by atoms with Crippen molar-refractivity contribution in [3.8, 4) is 5.75 Å². The lowest BCUT2D eigenvalue weighted by molar-refractivity contribution is -0.141. The van der Waals surface area contributed by atoms with Gasteiger partial charge in [0.1, 0.15) is 11.8 Å². The van der Waals surface area contributed by atoms with E-state index in [1.54, 1.807) is 18.2 Å². The summed E-state index contributed by atoms with van der Waals surface area (Å²) < 4.78 is 5.25. The standard InChI is InChI=1S/C27H31N3O3/c1-3-9-26(31)30(20-22-13-15-24(33-2)16-14-22)25(18-21-10-5-4-6-11-21)27(32)29-19-23-12-7-8-17-28-23/h4-8,10-17,25H,3,9,18-20H2,1-2H3,(H,29,32)/t25-/m1/s1. The minimum absolute atomic E-state index is 0.0396. The van der Waals surface area contributed by atoms with Crippen molar-refractivity contribution in [1.29, 1.82) is 0 Å². The van der Waals surface area contributed by atoms with Crippen molar-refractivity contribution >= 4 is 11.8 Å². The number of carbonyl (C=O) groups is 2. The number of carbonyl (C=O) groups excluding carboxylic acids is 2. The van der Waals surface area contributed by atoms with Crippen LogP contribution in [0.5, 0.6) is 5.75 Å². The first-order chi connectivity index (χ1) is 16.1. The van der Waals surface area contributed by atoms with E-state index in [1.807, 2.05) is 79.7 Å². The Hall–Kier alpha value is -3.67. The average molecular weight is 446 g/mol. The molecule has 0 fully saturated rings. The molecule has 172 valence electrons. The number of nitrogens with zero attached hydrogens (tertiary/aromatic N) is 2. The highest BCUT2D eigenvalue weighted by molar-refractivity contribution is 5.88. The van der Waals surface area contributed by atoms with Crippen LogP contribution in [0.4, 0.5) is 0 Å². The zero-order valence-electron chi connectivity index (χ0n) is 19.2. The molecule has 2 amide bonds. The predicted octanol–water partition coefficient (Wildman–Crippen LogP) is 4.15. The zero-order chi connectivity index (χ0) is 23.5. The van der Waals surface area contributed by atoms with Crippen LogP contribution < -0.4 is 10.1 Å². The normalized spacial score (nSPS) is 11.5. The second-order valence-electron chi connectivity index (χ2n) is 7.86. The molecular weight excluding hydrogens is 414 g/mol. The van der Waals surface area contributed by atoms with Crippen LogP contribution in [0.15, 0.2) is 79.0 Å². The minimum Gasteiger partial charge on any atom is -0.497 e. The number of hydrogen-bond donors (Lipinski definition) is 1. The molecule has 3 aromatic rings. The molecule has 0 saturated heterocycles. The van der Waals surface area contributed by atoms with E-state index >= 15 is 0 Å². The highest BCUT2D eigenvalue weighted by Gasteiger charge is 2.29. The van der Waals surface area contributed by atoms with Crippen molar-refractivity contribution in [2.75, 3.05) is 7.11 Å². The number of aromatic nitrogens is 1. The van der Waals surface area contributed by atoms with Crippen LogP contribution in [0.25, 0.3) is 0 Å². The SMILES string of the molecule is CCCC(=O)N(Cc1ccc(OC)cc1)[C@H](Cc1ccccc1)C(=O)NCc1ccccn1. The molecule has 0 aliphatic heterocycles. The number of rotatable bonds is 11. The Labute approximate surface area is 195 Å². The molecule has 0 bridgehead atoms. The first-order valence-corrected chi connectivity index (χ1v) is 11.2. The maximum atomic E-state index is 13.4. The first kappa shape index (κ1) is 24.0. The predicted molar refractivity (Wildman–Crippen MR) is 128 cm³/mol. The molecule has 1 heterocycles. The van der Waals surface area contributed by atoms with E-state index in [9.17, 15) is 9.59 Å².